The molecule has 0 saturated heterocycles. The smallest absolute Gasteiger partial charge is 0.311 e. The largest absolute Gasteiger partial charge is 0.494 e. The van der Waals surface area contributed by atoms with E-state index in [0.717, 1.165) is 42.6 Å². The predicted octanol–water partition coefficient (Wildman–Crippen LogP) is 7.35. The Bertz CT molecular complexity index is 819. The fourth-order valence-corrected chi connectivity index (χ4v) is 4.28. The molecule has 2 aromatic rings. The summed E-state index contributed by atoms with van der Waals surface area (Å²) in [5.41, 5.74) is 2.65. The van der Waals surface area contributed by atoms with Gasteiger partial charge in [-0.2, -0.15) is 0 Å². The Kier molecular flexibility index (Phi) is 14.2. The number of carbonyl (C=O) groups is 1. The van der Waals surface area contributed by atoms with E-state index >= 15 is 0 Å². The zero-order chi connectivity index (χ0) is 25.2. The van der Waals surface area contributed by atoms with Gasteiger partial charge in [-0.15, -0.1) is 0 Å². The van der Waals surface area contributed by atoms with Crippen molar-refractivity contribution < 1.29 is 18.8 Å². The highest BCUT2D eigenvalue weighted by molar-refractivity contribution is 5.69. The van der Waals surface area contributed by atoms with Crippen molar-refractivity contribution >= 4 is 5.97 Å². The third kappa shape index (κ3) is 14.0. The average molecular weight is 483 g/mol. The lowest BCUT2D eigenvalue weighted by Gasteiger charge is -2.29. The number of hydrogen-bond donors (Lipinski definition) is 0. The molecule has 0 aliphatic heterocycles. The van der Waals surface area contributed by atoms with Gasteiger partial charge in [-0.25, -0.2) is 0 Å². The van der Waals surface area contributed by atoms with Crippen molar-refractivity contribution in [3.63, 3.8) is 0 Å². The van der Waals surface area contributed by atoms with Gasteiger partial charge in [0.2, 0.25) is 0 Å². The van der Waals surface area contributed by atoms with Crippen molar-refractivity contribution in [1.82, 2.24) is 0 Å². The second-order valence-electron chi connectivity index (χ2n) is 10.3. The standard InChI is InChI=1S/C31H48NO3/c1-4-5-6-7-8-9-11-17-28-20-16-21-30(26-28)34-24-14-15-25-35-31(33)22-23-32(2,3)27-29-18-12-10-13-19-29/h10,12-13,16,18-21,26H,4-9,11,14-15,17,22-25,27H2,1-3H3/q+1. The molecule has 35 heavy (non-hydrogen) atoms. The third-order valence-electron chi connectivity index (χ3n) is 6.41. The zero-order valence-corrected chi connectivity index (χ0v) is 22.5. The normalized spacial score (nSPS) is 11.4. The molecule has 0 N–H and O–H groups in total. The van der Waals surface area contributed by atoms with Crippen LogP contribution in [0.5, 0.6) is 5.75 Å². The van der Waals surface area contributed by atoms with E-state index in [1.54, 1.807) is 0 Å². The average Bonchev–Trinajstić information content (AvgIpc) is 2.85. The Hall–Kier alpha value is -2.33. The van der Waals surface area contributed by atoms with Crippen LogP contribution in [0.1, 0.15) is 82.3 Å². The summed E-state index contributed by atoms with van der Waals surface area (Å²) >= 11 is 0. The molecule has 0 saturated carbocycles. The van der Waals surface area contributed by atoms with Crippen LogP contribution in [0.3, 0.4) is 0 Å². The Morgan fingerprint density at radius 1 is 0.771 bits per heavy atom. The number of unbranched alkanes of at least 4 members (excludes halogenated alkanes) is 7. The Morgan fingerprint density at radius 3 is 2.23 bits per heavy atom. The predicted molar refractivity (Wildman–Crippen MR) is 146 cm³/mol. The van der Waals surface area contributed by atoms with Gasteiger partial charge in [-0.3, -0.25) is 4.79 Å². The van der Waals surface area contributed by atoms with E-state index in [1.165, 1.54) is 56.1 Å². The fourth-order valence-electron chi connectivity index (χ4n) is 4.28. The SMILES string of the molecule is CCCCCCCCCc1cccc(OCCCCOC(=O)CC[N+](C)(C)Cc2ccccc2)c1. The molecular weight excluding hydrogens is 434 g/mol. The first-order valence-corrected chi connectivity index (χ1v) is 13.7. The molecule has 0 atom stereocenters. The number of ether oxygens (including phenoxy) is 2. The van der Waals surface area contributed by atoms with Crippen LogP contribution in [0, 0.1) is 0 Å². The highest BCUT2D eigenvalue weighted by atomic mass is 16.5. The van der Waals surface area contributed by atoms with E-state index in [9.17, 15) is 4.79 Å². The second kappa shape index (κ2) is 17.2. The summed E-state index contributed by atoms with van der Waals surface area (Å²) in [5.74, 6) is 0.837. The van der Waals surface area contributed by atoms with Gasteiger partial charge in [0.15, 0.2) is 0 Å². The van der Waals surface area contributed by atoms with Crippen molar-refractivity contribution in [2.45, 2.75) is 84.1 Å². The van der Waals surface area contributed by atoms with Crippen LogP contribution in [0.25, 0.3) is 0 Å². The highest BCUT2D eigenvalue weighted by Gasteiger charge is 2.18. The maximum Gasteiger partial charge on any atom is 0.311 e. The molecule has 4 heteroatoms. The number of benzene rings is 2. The van der Waals surface area contributed by atoms with Crippen molar-refractivity contribution in [1.29, 1.82) is 0 Å². The maximum atomic E-state index is 12.1. The third-order valence-corrected chi connectivity index (χ3v) is 6.41. The lowest BCUT2D eigenvalue weighted by atomic mass is 10.0. The van der Waals surface area contributed by atoms with Crippen molar-refractivity contribution in [2.24, 2.45) is 0 Å². The molecule has 0 aliphatic carbocycles. The molecule has 2 rings (SSSR count). The van der Waals surface area contributed by atoms with Crippen molar-refractivity contribution in [3.8, 4) is 5.75 Å². The summed E-state index contributed by atoms with van der Waals surface area (Å²) in [5, 5.41) is 0. The van der Waals surface area contributed by atoms with Crippen LogP contribution >= 0.6 is 0 Å². The first-order valence-electron chi connectivity index (χ1n) is 13.7. The number of quaternary nitrogens is 1. The van der Waals surface area contributed by atoms with Crippen LogP contribution in [-0.2, 0) is 22.5 Å². The maximum absolute atomic E-state index is 12.1. The van der Waals surface area contributed by atoms with Crippen LogP contribution in [0.2, 0.25) is 0 Å². The molecule has 2 aromatic carbocycles. The lowest BCUT2D eigenvalue weighted by molar-refractivity contribution is -0.903. The molecule has 0 spiro atoms. The Morgan fingerprint density at radius 2 is 1.46 bits per heavy atom. The second-order valence-corrected chi connectivity index (χ2v) is 10.3. The van der Waals surface area contributed by atoms with E-state index < -0.39 is 0 Å². The molecule has 0 unspecified atom stereocenters. The van der Waals surface area contributed by atoms with Gasteiger partial charge < -0.3 is 14.0 Å². The van der Waals surface area contributed by atoms with E-state index in [1.807, 2.05) is 12.1 Å². The summed E-state index contributed by atoms with van der Waals surface area (Å²) in [6, 6.07) is 18.9. The summed E-state index contributed by atoms with van der Waals surface area (Å²) in [6.45, 7) is 5.06. The van der Waals surface area contributed by atoms with E-state index in [2.05, 4.69) is 63.5 Å². The summed E-state index contributed by atoms with van der Waals surface area (Å²) in [4.78, 5) is 12.1. The van der Waals surface area contributed by atoms with Crippen LogP contribution in [-0.4, -0.2) is 44.3 Å². The number of hydrogen-bond acceptors (Lipinski definition) is 3. The summed E-state index contributed by atoms with van der Waals surface area (Å²) in [6.07, 6.45) is 12.6. The minimum absolute atomic E-state index is 0.108. The van der Waals surface area contributed by atoms with Crippen molar-refractivity contribution in [3.05, 3.63) is 65.7 Å². The van der Waals surface area contributed by atoms with Gasteiger partial charge in [0.05, 0.1) is 40.3 Å². The van der Waals surface area contributed by atoms with Gasteiger partial charge in [0, 0.05) is 5.56 Å². The first-order chi connectivity index (χ1) is 17.0. The molecule has 0 amide bonds. The minimum Gasteiger partial charge on any atom is -0.494 e. The number of nitrogens with zero attached hydrogens (tertiary/aromatic N) is 1. The van der Waals surface area contributed by atoms with Crippen LogP contribution in [0.4, 0.5) is 0 Å². The van der Waals surface area contributed by atoms with Gasteiger partial charge in [-0.05, 0) is 43.4 Å². The highest BCUT2D eigenvalue weighted by Crippen LogP contribution is 2.17. The van der Waals surface area contributed by atoms with E-state index in [-0.39, 0.29) is 5.97 Å². The molecule has 0 radical (unpaired) electrons. The molecular formula is C31H48NO3+. The monoisotopic (exact) mass is 482 g/mol. The number of aryl methyl sites for hydroxylation is 1. The Balaban J connectivity index is 1.51. The van der Waals surface area contributed by atoms with Gasteiger partial charge in [0.25, 0.3) is 0 Å². The molecule has 0 aromatic heterocycles. The molecule has 0 bridgehead atoms. The lowest BCUT2D eigenvalue weighted by Crippen LogP contribution is -2.40. The number of carbonyl (C=O) groups excluding carboxylic acids is 1. The van der Waals surface area contributed by atoms with Gasteiger partial charge in [-0.1, -0.05) is 87.9 Å². The van der Waals surface area contributed by atoms with E-state index in [4.69, 9.17) is 9.47 Å². The zero-order valence-electron chi connectivity index (χ0n) is 22.5. The number of rotatable bonds is 19. The van der Waals surface area contributed by atoms with E-state index in [0.29, 0.717) is 19.6 Å². The summed E-state index contributed by atoms with van der Waals surface area (Å²) in [7, 11) is 4.31. The minimum atomic E-state index is -0.108. The van der Waals surface area contributed by atoms with Crippen LogP contribution in [0.15, 0.2) is 54.6 Å². The van der Waals surface area contributed by atoms with Crippen LogP contribution < -0.4 is 4.74 Å². The quantitative estimate of drug-likeness (QED) is 0.119. The van der Waals surface area contributed by atoms with Crippen molar-refractivity contribution in [2.75, 3.05) is 33.9 Å². The first kappa shape index (κ1) is 28.9. The molecule has 0 aliphatic rings. The molecule has 0 fully saturated rings. The number of esters is 1. The molecule has 0 heterocycles. The molecule has 194 valence electrons. The Labute approximate surface area is 214 Å². The molecule has 4 nitrogen and oxygen atoms in total. The van der Waals surface area contributed by atoms with Gasteiger partial charge in [0.1, 0.15) is 12.3 Å². The van der Waals surface area contributed by atoms with Gasteiger partial charge >= 0.3 is 5.97 Å². The fraction of sp³-hybridized carbons (Fsp3) is 0.581. The topological polar surface area (TPSA) is 35.5 Å². The summed E-state index contributed by atoms with van der Waals surface area (Å²) < 4.78 is 12.1.